The van der Waals surface area contributed by atoms with Crippen LogP contribution in [0.15, 0.2) is 34.5 Å². The van der Waals surface area contributed by atoms with E-state index in [1.54, 1.807) is 10.3 Å². The Balaban J connectivity index is 1.40. The van der Waals surface area contributed by atoms with Crippen molar-refractivity contribution in [2.75, 3.05) is 17.2 Å². The molecular formula is C18H20N4O3S2. The van der Waals surface area contributed by atoms with Gasteiger partial charge in [-0.2, -0.15) is 0 Å². The van der Waals surface area contributed by atoms with Crippen LogP contribution in [-0.4, -0.2) is 35.0 Å². The van der Waals surface area contributed by atoms with E-state index in [1.807, 2.05) is 31.2 Å². The number of nitrogens with one attached hydrogen (secondary N) is 2. The summed E-state index contributed by atoms with van der Waals surface area (Å²) < 4.78 is 0. The summed E-state index contributed by atoms with van der Waals surface area (Å²) in [5.41, 5.74) is 6.54. The van der Waals surface area contributed by atoms with Crippen LogP contribution >= 0.6 is 23.1 Å². The summed E-state index contributed by atoms with van der Waals surface area (Å²) in [7, 11) is 0. The molecule has 1 saturated heterocycles. The van der Waals surface area contributed by atoms with Gasteiger partial charge in [0.2, 0.25) is 17.7 Å². The number of aryl methyl sites for hydroxylation is 1. The second kappa shape index (κ2) is 9.01. The second-order valence-electron chi connectivity index (χ2n) is 6.15. The van der Waals surface area contributed by atoms with Crippen LogP contribution in [0.25, 0.3) is 0 Å². The minimum atomic E-state index is -0.353. The number of benzene rings is 1. The van der Waals surface area contributed by atoms with Crippen LogP contribution in [0.4, 0.5) is 5.13 Å². The first-order valence-electron chi connectivity index (χ1n) is 8.53. The van der Waals surface area contributed by atoms with Gasteiger partial charge < -0.3 is 0 Å². The highest BCUT2D eigenvalue weighted by molar-refractivity contribution is 8.00. The van der Waals surface area contributed by atoms with Crippen LogP contribution in [0.2, 0.25) is 0 Å². The molecule has 1 fully saturated rings. The molecule has 2 heterocycles. The van der Waals surface area contributed by atoms with Gasteiger partial charge in [-0.05, 0) is 25.5 Å². The summed E-state index contributed by atoms with van der Waals surface area (Å²) in [5, 5.41) is 2.38. The van der Waals surface area contributed by atoms with E-state index in [0.29, 0.717) is 23.8 Å². The van der Waals surface area contributed by atoms with Crippen molar-refractivity contribution in [3.8, 4) is 0 Å². The maximum Gasteiger partial charge on any atom is 0.248 e. The average Bonchev–Trinajstić information content (AvgIpc) is 3.28. The molecule has 1 aliphatic rings. The minimum Gasteiger partial charge on any atom is -0.288 e. The van der Waals surface area contributed by atoms with Gasteiger partial charge >= 0.3 is 0 Å². The Hall–Kier alpha value is -2.39. The van der Waals surface area contributed by atoms with Crippen LogP contribution in [0, 0.1) is 6.92 Å². The van der Waals surface area contributed by atoms with Crippen LogP contribution in [0.5, 0.6) is 0 Å². The topological polar surface area (TPSA) is 91.4 Å². The highest BCUT2D eigenvalue weighted by atomic mass is 32.2. The predicted octanol–water partition coefficient (Wildman–Crippen LogP) is 2.06. The molecule has 1 aliphatic heterocycles. The third kappa shape index (κ3) is 5.54. The van der Waals surface area contributed by atoms with Gasteiger partial charge in [-0.15, -0.1) is 23.1 Å². The third-order valence-corrected chi connectivity index (χ3v) is 5.84. The number of carbonyl (C=O) groups excluding carboxylic acids is 3. The van der Waals surface area contributed by atoms with Crippen molar-refractivity contribution in [2.24, 2.45) is 0 Å². The Morgan fingerprint density at radius 2 is 1.96 bits per heavy atom. The van der Waals surface area contributed by atoms with E-state index < -0.39 is 0 Å². The van der Waals surface area contributed by atoms with Gasteiger partial charge in [-0.1, -0.05) is 17.7 Å². The van der Waals surface area contributed by atoms with Crippen molar-refractivity contribution in [2.45, 2.75) is 31.1 Å². The van der Waals surface area contributed by atoms with Gasteiger partial charge in [-0.25, -0.2) is 4.98 Å². The summed E-state index contributed by atoms with van der Waals surface area (Å²) in [6, 6.07) is 7.88. The summed E-state index contributed by atoms with van der Waals surface area (Å²) in [6.45, 7) is 2.68. The summed E-state index contributed by atoms with van der Waals surface area (Å²) >= 11 is 2.75. The molecule has 142 valence electrons. The lowest BCUT2D eigenvalue weighted by Gasteiger charge is -2.10. The normalized spacial score (nSPS) is 13.7. The largest absolute Gasteiger partial charge is 0.288 e. The highest BCUT2D eigenvalue weighted by Gasteiger charge is 2.24. The number of carbonyl (C=O) groups is 3. The standard InChI is InChI=1S/C18H20N4O3S2/c1-12-4-6-14(7-5-12)26-11-16(24)21-20-15(23)9-13-10-27-18(19-13)22-8-2-3-17(22)25/h4-7,10H,2-3,8-9,11H2,1H3,(H,20,23)(H,21,24). The third-order valence-electron chi connectivity index (χ3n) is 3.92. The fourth-order valence-corrected chi connectivity index (χ4v) is 4.09. The number of hydrogen-bond donors (Lipinski definition) is 2. The van der Waals surface area contributed by atoms with Crippen molar-refractivity contribution < 1.29 is 14.4 Å². The zero-order valence-electron chi connectivity index (χ0n) is 14.9. The number of nitrogens with zero attached hydrogens (tertiary/aromatic N) is 2. The average molecular weight is 405 g/mol. The summed E-state index contributed by atoms with van der Waals surface area (Å²) in [6.07, 6.45) is 1.42. The van der Waals surface area contributed by atoms with Crippen LogP contribution in [0.3, 0.4) is 0 Å². The molecule has 0 saturated carbocycles. The first-order chi connectivity index (χ1) is 13.0. The van der Waals surface area contributed by atoms with Crippen LogP contribution in [-0.2, 0) is 20.8 Å². The van der Waals surface area contributed by atoms with Gasteiger partial charge in [0.05, 0.1) is 17.9 Å². The number of aromatic nitrogens is 1. The molecule has 0 radical (unpaired) electrons. The van der Waals surface area contributed by atoms with E-state index in [4.69, 9.17) is 0 Å². The van der Waals surface area contributed by atoms with E-state index >= 15 is 0 Å². The van der Waals surface area contributed by atoms with E-state index in [9.17, 15) is 14.4 Å². The quantitative estimate of drug-likeness (QED) is 0.568. The molecule has 0 atom stereocenters. The van der Waals surface area contributed by atoms with Gasteiger partial charge in [0, 0.05) is 23.2 Å². The predicted molar refractivity (Wildman–Crippen MR) is 106 cm³/mol. The van der Waals surface area contributed by atoms with E-state index in [0.717, 1.165) is 16.9 Å². The smallest absolute Gasteiger partial charge is 0.248 e. The van der Waals surface area contributed by atoms with Crippen molar-refractivity contribution in [3.63, 3.8) is 0 Å². The Labute approximate surface area is 165 Å². The summed E-state index contributed by atoms with van der Waals surface area (Å²) in [5.74, 6) is -0.358. The zero-order valence-corrected chi connectivity index (χ0v) is 16.5. The zero-order chi connectivity index (χ0) is 19.2. The van der Waals surface area contributed by atoms with E-state index in [1.165, 1.54) is 23.1 Å². The van der Waals surface area contributed by atoms with Gasteiger partial charge in [0.1, 0.15) is 0 Å². The Morgan fingerprint density at radius 3 is 2.67 bits per heavy atom. The number of rotatable bonds is 6. The molecule has 0 spiro atoms. The molecule has 1 aromatic heterocycles. The lowest BCUT2D eigenvalue weighted by Crippen LogP contribution is -2.43. The van der Waals surface area contributed by atoms with E-state index in [2.05, 4.69) is 15.8 Å². The van der Waals surface area contributed by atoms with Crippen LogP contribution in [0.1, 0.15) is 24.1 Å². The maximum atomic E-state index is 12.0. The lowest BCUT2D eigenvalue weighted by atomic mass is 10.2. The Bertz CT molecular complexity index is 835. The first-order valence-corrected chi connectivity index (χ1v) is 10.4. The molecule has 1 aromatic carbocycles. The first kappa shape index (κ1) is 19.4. The molecule has 9 heteroatoms. The van der Waals surface area contributed by atoms with Crippen molar-refractivity contribution in [1.29, 1.82) is 0 Å². The minimum absolute atomic E-state index is 0.0456. The SMILES string of the molecule is Cc1ccc(SCC(=O)NNC(=O)Cc2csc(N3CCCC3=O)n2)cc1. The Morgan fingerprint density at radius 1 is 1.22 bits per heavy atom. The molecule has 2 aromatic rings. The van der Waals surface area contributed by atoms with E-state index in [-0.39, 0.29) is 29.9 Å². The molecule has 27 heavy (non-hydrogen) atoms. The number of hydrazine groups is 1. The molecule has 3 amide bonds. The maximum absolute atomic E-state index is 12.0. The molecule has 0 unspecified atom stereocenters. The van der Waals surface area contributed by atoms with Crippen LogP contribution < -0.4 is 15.8 Å². The fraction of sp³-hybridized carbons (Fsp3) is 0.333. The number of hydrogen-bond acceptors (Lipinski definition) is 6. The van der Waals surface area contributed by atoms with Gasteiger partial charge in [0.15, 0.2) is 5.13 Å². The fourth-order valence-electron chi connectivity index (χ4n) is 2.52. The number of thiazole rings is 1. The summed E-state index contributed by atoms with van der Waals surface area (Å²) in [4.78, 5) is 42.5. The second-order valence-corrected chi connectivity index (χ2v) is 8.03. The monoisotopic (exact) mass is 404 g/mol. The molecular weight excluding hydrogens is 384 g/mol. The molecule has 2 N–H and O–H groups in total. The van der Waals surface area contributed by atoms with Crippen molar-refractivity contribution in [1.82, 2.24) is 15.8 Å². The molecule has 0 aliphatic carbocycles. The molecule has 0 bridgehead atoms. The molecule has 7 nitrogen and oxygen atoms in total. The number of anilines is 1. The van der Waals surface area contributed by atoms with Crippen molar-refractivity contribution in [3.05, 3.63) is 40.9 Å². The number of thioether (sulfide) groups is 1. The lowest BCUT2D eigenvalue weighted by molar-refractivity contribution is -0.127. The number of amides is 3. The Kier molecular flexibility index (Phi) is 6.46. The van der Waals surface area contributed by atoms with Gasteiger partial charge in [-0.3, -0.25) is 30.1 Å². The van der Waals surface area contributed by atoms with Gasteiger partial charge in [0.25, 0.3) is 0 Å². The highest BCUT2D eigenvalue weighted by Crippen LogP contribution is 2.25. The molecule has 3 rings (SSSR count). The van der Waals surface area contributed by atoms with Crippen molar-refractivity contribution >= 4 is 46.0 Å².